The highest BCUT2D eigenvalue weighted by molar-refractivity contribution is 7.61. The Kier molecular flexibility index (Phi) is 3.50. The Labute approximate surface area is 106 Å². The Morgan fingerprint density at radius 1 is 1.35 bits per heavy atom. The largest absolute Gasteiger partial charge is 0.324 e. The lowest BCUT2D eigenvalue weighted by Crippen LogP contribution is -1.86. The highest BCUT2D eigenvalue weighted by atomic mass is 32.1. The minimum atomic E-state index is -2.01. The van der Waals surface area contributed by atoms with Crippen LogP contribution in [0.2, 0.25) is 0 Å². The number of thiazole rings is 1. The van der Waals surface area contributed by atoms with Crippen LogP contribution in [0.15, 0.2) is 30.5 Å². The first-order valence-electron chi connectivity index (χ1n) is 5.50. The standard InChI is InChI=1S/C13H16NOPS/c1-10-8-14-13(17-10)12-6-4-5-11(7-12)9-16(2,3)15/h4-8H,9H2,1-3H3. The first-order chi connectivity index (χ1) is 7.94. The van der Waals surface area contributed by atoms with Gasteiger partial charge in [0.1, 0.15) is 5.01 Å². The fourth-order valence-corrected chi connectivity index (χ4v) is 3.57. The summed E-state index contributed by atoms with van der Waals surface area (Å²) >= 11 is 1.69. The SMILES string of the molecule is Cc1cnc(-c2cccc(CP(C)(C)=O)c2)s1. The Morgan fingerprint density at radius 3 is 2.71 bits per heavy atom. The van der Waals surface area contributed by atoms with Crippen LogP contribution in [0.25, 0.3) is 10.6 Å². The lowest BCUT2D eigenvalue weighted by Gasteiger charge is -2.07. The van der Waals surface area contributed by atoms with Crippen molar-refractivity contribution >= 4 is 18.5 Å². The van der Waals surface area contributed by atoms with Gasteiger partial charge in [0.25, 0.3) is 0 Å². The molecule has 0 unspecified atom stereocenters. The first-order valence-corrected chi connectivity index (χ1v) is 9.10. The van der Waals surface area contributed by atoms with Gasteiger partial charge in [-0.1, -0.05) is 18.2 Å². The molecule has 2 rings (SSSR count). The van der Waals surface area contributed by atoms with Gasteiger partial charge in [0, 0.05) is 22.8 Å². The van der Waals surface area contributed by atoms with Gasteiger partial charge in [-0.15, -0.1) is 11.3 Å². The summed E-state index contributed by atoms with van der Waals surface area (Å²) in [6, 6.07) is 8.19. The van der Waals surface area contributed by atoms with Crippen molar-refractivity contribution in [3.05, 3.63) is 40.9 Å². The van der Waals surface area contributed by atoms with Crippen molar-refractivity contribution in [2.45, 2.75) is 13.1 Å². The van der Waals surface area contributed by atoms with Gasteiger partial charge >= 0.3 is 0 Å². The fraction of sp³-hybridized carbons (Fsp3) is 0.308. The van der Waals surface area contributed by atoms with Crippen LogP contribution in [0.3, 0.4) is 0 Å². The monoisotopic (exact) mass is 265 g/mol. The normalized spacial score (nSPS) is 11.7. The Hall–Kier alpha value is -0.920. The van der Waals surface area contributed by atoms with E-state index in [1.54, 1.807) is 11.3 Å². The minimum absolute atomic E-state index is 0.658. The van der Waals surface area contributed by atoms with Gasteiger partial charge in [0.2, 0.25) is 0 Å². The molecule has 0 aliphatic rings. The summed E-state index contributed by atoms with van der Waals surface area (Å²) in [7, 11) is -2.01. The molecule has 1 heterocycles. The molecule has 2 aromatic rings. The lowest BCUT2D eigenvalue weighted by atomic mass is 10.1. The Bertz CT molecular complexity index is 570. The van der Waals surface area contributed by atoms with Crippen molar-refractivity contribution in [1.29, 1.82) is 0 Å². The highest BCUT2D eigenvalue weighted by Crippen LogP contribution is 2.40. The van der Waals surface area contributed by atoms with Crippen LogP contribution in [0.5, 0.6) is 0 Å². The van der Waals surface area contributed by atoms with Crippen molar-refractivity contribution in [2.24, 2.45) is 0 Å². The van der Waals surface area contributed by atoms with Gasteiger partial charge in [0.15, 0.2) is 0 Å². The van der Waals surface area contributed by atoms with Crippen LogP contribution in [0, 0.1) is 6.92 Å². The van der Waals surface area contributed by atoms with Crippen molar-refractivity contribution in [1.82, 2.24) is 4.98 Å². The lowest BCUT2D eigenvalue weighted by molar-refractivity contribution is 0.582. The molecule has 0 saturated carbocycles. The van der Waals surface area contributed by atoms with E-state index < -0.39 is 7.14 Å². The third kappa shape index (κ3) is 3.52. The van der Waals surface area contributed by atoms with Crippen molar-refractivity contribution < 1.29 is 4.57 Å². The van der Waals surface area contributed by atoms with Crippen LogP contribution in [0.4, 0.5) is 0 Å². The fourth-order valence-electron chi connectivity index (χ4n) is 1.73. The molecule has 2 nitrogen and oxygen atoms in total. The van der Waals surface area contributed by atoms with E-state index in [0.29, 0.717) is 6.16 Å². The molecule has 0 atom stereocenters. The summed E-state index contributed by atoms with van der Waals surface area (Å²) in [6.07, 6.45) is 2.54. The molecule has 0 aliphatic carbocycles. The molecule has 0 radical (unpaired) electrons. The number of aryl methyl sites for hydroxylation is 1. The molecule has 17 heavy (non-hydrogen) atoms. The zero-order chi connectivity index (χ0) is 12.5. The molecule has 0 saturated heterocycles. The number of aromatic nitrogens is 1. The van der Waals surface area contributed by atoms with Crippen LogP contribution in [-0.2, 0) is 10.7 Å². The van der Waals surface area contributed by atoms with E-state index >= 15 is 0 Å². The first kappa shape index (κ1) is 12.5. The van der Waals surface area contributed by atoms with Crippen LogP contribution >= 0.6 is 18.5 Å². The summed E-state index contributed by atoms with van der Waals surface area (Å²) in [5.41, 5.74) is 2.25. The van der Waals surface area contributed by atoms with E-state index in [1.165, 1.54) is 4.88 Å². The third-order valence-corrected chi connectivity index (χ3v) is 4.45. The maximum atomic E-state index is 11.8. The average molecular weight is 265 g/mol. The molecular weight excluding hydrogens is 249 g/mol. The second kappa shape index (κ2) is 4.75. The van der Waals surface area contributed by atoms with E-state index in [1.807, 2.05) is 31.7 Å². The second-order valence-electron chi connectivity index (χ2n) is 4.71. The smallest absolute Gasteiger partial charge is 0.123 e. The third-order valence-electron chi connectivity index (χ3n) is 2.36. The predicted octanol–water partition coefficient (Wildman–Crippen LogP) is 4.24. The van der Waals surface area contributed by atoms with Crippen molar-refractivity contribution in [2.75, 3.05) is 13.3 Å². The quantitative estimate of drug-likeness (QED) is 0.777. The van der Waals surface area contributed by atoms with Crippen LogP contribution < -0.4 is 0 Å². The van der Waals surface area contributed by atoms with Crippen molar-refractivity contribution in [3.8, 4) is 10.6 Å². The average Bonchev–Trinajstić information content (AvgIpc) is 2.63. The minimum Gasteiger partial charge on any atom is -0.324 e. The summed E-state index contributed by atoms with van der Waals surface area (Å²) in [5, 5.41) is 1.03. The summed E-state index contributed by atoms with van der Waals surface area (Å²) in [4.78, 5) is 5.58. The Morgan fingerprint density at radius 2 is 2.12 bits per heavy atom. The topological polar surface area (TPSA) is 30.0 Å². The van der Waals surface area contributed by atoms with Gasteiger partial charge < -0.3 is 4.57 Å². The van der Waals surface area contributed by atoms with Gasteiger partial charge in [-0.25, -0.2) is 4.98 Å². The second-order valence-corrected chi connectivity index (χ2v) is 9.41. The van der Waals surface area contributed by atoms with Gasteiger partial charge in [-0.3, -0.25) is 0 Å². The van der Waals surface area contributed by atoms with Crippen LogP contribution in [0.1, 0.15) is 10.4 Å². The summed E-state index contributed by atoms with van der Waals surface area (Å²) in [6.45, 7) is 5.71. The molecule has 90 valence electrons. The number of benzene rings is 1. The van der Waals surface area contributed by atoms with Gasteiger partial charge in [-0.2, -0.15) is 0 Å². The maximum Gasteiger partial charge on any atom is 0.123 e. The summed E-state index contributed by atoms with van der Waals surface area (Å²) in [5.74, 6) is 0. The molecule has 1 aromatic carbocycles. The highest BCUT2D eigenvalue weighted by Gasteiger charge is 2.10. The van der Waals surface area contributed by atoms with Gasteiger partial charge in [-0.05, 0) is 31.9 Å². The zero-order valence-corrected chi connectivity index (χ0v) is 12.0. The zero-order valence-electron chi connectivity index (χ0n) is 10.3. The maximum absolute atomic E-state index is 11.8. The number of hydrogen-bond donors (Lipinski definition) is 0. The predicted molar refractivity (Wildman–Crippen MR) is 75.4 cm³/mol. The van der Waals surface area contributed by atoms with Crippen molar-refractivity contribution in [3.63, 3.8) is 0 Å². The van der Waals surface area contributed by atoms with E-state index in [2.05, 4.69) is 24.0 Å². The molecule has 0 spiro atoms. The molecule has 0 aliphatic heterocycles. The van der Waals surface area contributed by atoms with E-state index in [-0.39, 0.29) is 0 Å². The molecule has 0 amide bonds. The number of hydrogen-bond acceptors (Lipinski definition) is 3. The Balaban J connectivity index is 2.32. The molecule has 0 bridgehead atoms. The van der Waals surface area contributed by atoms with E-state index in [4.69, 9.17) is 0 Å². The summed E-state index contributed by atoms with van der Waals surface area (Å²) < 4.78 is 11.8. The van der Waals surface area contributed by atoms with Gasteiger partial charge in [0.05, 0.1) is 7.14 Å². The molecular formula is C13H16NOPS. The number of rotatable bonds is 3. The van der Waals surface area contributed by atoms with E-state index in [0.717, 1.165) is 16.1 Å². The number of nitrogens with zero attached hydrogens (tertiary/aromatic N) is 1. The van der Waals surface area contributed by atoms with E-state index in [9.17, 15) is 4.57 Å². The molecule has 0 fully saturated rings. The molecule has 4 heteroatoms. The molecule has 0 N–H and O–H groups in total. The molecule has 1 aromatic heterocycles. The van der Waals surface area contributed by atoms with Crippen LogP contribution in [-0.4, -0.2) is 18.3 Å².